The molecule has 1 fully saturated rings. The van der Waals surface area contributed by atoms with E-state index in [1.807, 2.05) is 0 Å². The lowest BCUT2D eigenvalue weighted by Crippen LogP contribution is -2.46. The average molecular weight is 288 g/mol. The second-order valence-corrected chi connectivity index (χ2v) is 6.31. The Bertz CT molecular complexity index is 586. The number of aliphatic hydroxyl groups excluding tert-OH is 1. The van der Waals surface area contributed by atoms with Gasteiger partial charge in [0, 0.05) is 18.8 Å². The molecule has 0 saturated heterocycles. The van der Waals surface area contributed by atoms with Crippen LogP contribution in [0, 0.1) is 0 Å². The number of aromatic carboxylic acids is 1. The van der Waals surface area contributed by atoms with E-state index >= 15 is 0 Å². The third kappa shape index (κ3) is 2.80. The molecule has 2 rings (SSSR count). The van der Waals surface area contributed by atoms with Crippen LogP contribution in [0.15, 0.2) is 17.2 Å². The summed E-state index contributed by atoms with van der Waals surface area (Å²) in [6, 6.07) is 0.863. The van der Waals surface area contributed by atoms with Crippen LogP contribution in [0.1, 0.15) is 30.3 Å². The average Bonchev–Trinajstić information content (AvgIpc) is 2.71. The number of aryl methyl sites for hydroxylation is 1. The number of hydrogen-bond acceptors (Lipinski definition) is 4. The van der Waals surface area contributed by atoms with E-state index in [1.54, 1.807) is 6.92 Å². The van der Waals surface area contributed by atoms with Gasteiger partial charge in [0.25, 0.3) is 0 Å². The van der Waals surface area contributed by atoms with E-state index in [9.17, 15) is 13.2 Å². The van der Waals surface area contributed by atoms with Gasteiger partial charge in [0.15, 0.2) is 0 Å². The summed E-state index contributed by atoms with van der Waals surface area (Å²) in [5.41, 5.74) is -0.0588. The highest BCUT2D eigenvalue weighted by Crippen LogP contribution is 2.23. The summed E-state index contributed by atoms with van der Waals surface area (Å²) in [5, 5.41) is 18.1. The van der Waals surface area contributed by atoms with Gasteiger partial charge in [-0.25, -0.2) is 17.9 Å². The zero-order valence-electron chi connectivity index (χ0n) is 10.4. The minimum absolute atomic E-state index is 0.0588. The summed E-state index contributed by atoms with van der Waals surface area (Å²) in [6.07, 6.45) is 1.63. The Kier molecular flexibility index (Phi) is 3.66. The van der Waals surface area contributed by atoms with Crippen LogP contribution in [-0.2, 0) is 16.6 Å². The van der Waals surface area contributed by atoms with Gasteiger partial charge in [-0.05, 0) is 25.8 Å². The molecule has 0 spiro atoms. The largest absolute Gasteiger partial charge is 0.477 e. The molecular weight excluding hydrogens is 272 g/mol. The van der Waals surface area contributed by atoms with Gasteiger partial charge in [0.05, 0.1) is 6.10 Å². The first-order valence-corrected chi connectivity index (χ1v) is 7.45. The lowest BCUT2D eigenvalue weighted by molar-refractivity contribution is 0.0684. The van der Waals surface area contributed by atoms with Gasteiger partial charge in [0.1, 0.15) is 10.6 Å². The van der Waals surface area contributed by atoms with Crippen molar-refractivity contribution in [2.45, 2.75) is 43.4 Å². The molecule has 8 heteroatoms. The standard InChI is InChI=1S/C11H16N2O5S/c1-2-13-6-9(5-10(13)11(15)16)19(17,18)12-7-3-8(14)4-7/h5-8,12,14H,2-4H2,1H3,(H,15,16). The number of aromatic nitrogens is 1. The van der Waals surface area contributed by atoms with Gasteiger partial charge in [-0.2, -0.15) is 0 Å². The van der Waals surface area contributed by atoms with Gasteiger partial charge in [-0.1, -0.05) is 0 Å². The number of nitrogens with zero attached hydrogens (tertiary/aromatic N) is 1. The van der Waals surface area contributed by atoms with Crippen molar-refractivity contribution >= 4 is 16.0 Å². The van der Waals surface area contributed by atoms with Crippen LogP contribution in [0.3, 0.4) is 0 Å². The van der Waals surface area contributed by atoms with Crippen LogP contribution in [0.5, 0.6) is 0 Å². The SMILES string of the molecule is CCn1cc(S(=O)(=O)NC2CC(O)C2)cc1C(=O)O. The molecule has 106 valence electrons. The number of carboxylic acids is 1. The molecule has 0 unspecified atom stereocenters. The molecule has 1 aliphatic carbocycles. The first kappa shape index (κ1) is 14.0. The Hall–Kier alpha value is -1.38. The highest BCUT2D eigenvalue weighted by molar-refractivity contribution is 7.89. The number of hydrogen-bond donors (Lipinski definition) is 3. The zero-order valence-corrected chi connectivity index (χ0v) is 11.2. The summed E-state index contributed by atoms with van der Waals surface area (Å²) >= 11 is 0. The molecule has 0 bridgehead atoms. The third-order valence-electron chi connectivity index (χ3n) is 3.18. The molecule has 0 aliphatic heterocycles. The fourth-order valence-electron chi connectivity index (χ4n) is 2.04. The Morgan fingerprint density at radius 2 is 2.16 bits per heavy atom. The first-order valence-electron chi connectivity index (χ1n) is 5.97. The molecule has 1 aromatic rings. The van der Waals surface area contributed by atoms with Crippen LogP contribution in [0.4, 0.5) is 0 Å². The smallest absolute Gasteiger partial charge is 0.352 e. The quantitative estimate of drug-likeness (QED) is 0.707. The maximum atomic E-state index is 12.0. The van der Waals surface area contributed by atoms with Gasteiger partial charge in [0.2, 0.25) is 10.0 Å². The fourth-order valence-corrected chi connectivity index (χ4v) is 3.34. The molecule has 0 aromatic carbocycles. The summed E-state index contributed by atoms with van der Waals surface area (Å²) in [7, 11) is -3.73. The summed E-state index contributed by atoms with van der Waals surface area (Å²) in [5.74, 6) is -1.16. The minimum Gasteiger partial charge on any atom is -0.477 e. The lowest BCUT2D eigenvalue weighted by Gasteiger charge is -2.31. The topological polar surface area (TPSA) is 109 Å². The van der Waals surface area contributed by atoms with Crippen LogP contribution in [0.2, 0.25) is 0 Å². The number of nitrogens with one attached hydrogen (secondary N) is 1. The molecular formula is C11H16N2O5S. The second-order valence-electron chi connectivity index (χ2n) is 4.60. The molecule has 0 amide bonds. The fraction of sp³-hybridized carbons (Fsp3) is 0.545. The summed E-state index contributed by atoms with van der Waals surface area (Å²) < 4.78 is 27.9. The zero-order chi connectivity index (χ0) is 14.2. The highest BCUT2D eigenvalue weighted by Gasteiger charge is 2.32. The van der Waals surface area contributed by atoms with E-state index in [2.05, 4.69) is 4.72 Å². The van der Waals surface area contributed by atoms with Crippen molar-refractivity contribution in [2.75, 3.05) is 0 Å². The Labute approximate surface area is 110 Å². The summed E-state index contributed by atoms with van der Waals surface area (Å²) in [6.45, 7) is 2.11. The van der Waals surface area contributed by atoms with E-state index in [-0.39, 0.29) is 16.6 Å². The molecule has 3 N–H and O–H groups in total. The molecule has 0 radical (unpaired) electrons. The number of aliphatic hydroxyl groups is 1. The van der Waals surface area contributed by atoms with Crippen molar-refractivity contribution in [3.63, 3.8) is 0 Å². The van der Waals surface area contributed by atoms with Crippen LogP contribution >= 0.6 is 0 Å². The number of carbonyl (C=O) groups is 1. The van der Waals surface area contributed by atoms with E-state index in [1.165, 1.54) is 10.8 Å². The van der Waals surface area contributed by atoms with E-state index in [0.29, 0.717) is 19.4 Å². The minimum atomic E-state index is -3.73. The molecule has 1 aliphatic rings. The van der Waals surface area contributed by atoms with E-state index in [4.69, 9.17) is 10.2 Å². The van der Waals surface area contributed by atoms with Crippen molar-refractivity contribution in [3.05, 3.63) is 18.0 Å². The second kappa shape index (κ2) is 4.95. The molecule has 1 heterocycles. The van der Waals surface area contributed by atoms with Crippen LogP contribution < -0.4 is 4.72 Å². The van der Waals surface area contributed by atoms with Gasteiger partial charge < -0.3 is 14.8 Å². The number of carboxylic acid groups (broad SMARTS) is 1. The van der Waals surface area contributed by atoms with Crippen molar-refractivity contribution in [2.24, 2.45) is 0 Å². The van der Waals surface area contributed by atoms with Crippen molar-refractivity contribution in [1.82, 2.24) is 9.29 Å². The highest BCUT2D eigenvalue weighted by atomic mass is 32.2. The predicted octanol–water partition coefficient (Wildman–Crippen LogP) is 0.00780. The van der Waals surface area contributed by atoms with Crippen molar-refractivity contribution in [1.29, 1.82) is 0 Å². The van der Waals surface area contributed by atoms with E-state index in [0.717, 1.165) is 6.07 Å². The van der Waals surface area contributed by atoms with Gasteiger partial charge >= 0.3 is 5.97 Å². The maximum absolute atomic E-state index is 12.0. The molecule has 7 nitrogen and oxygen atoms in total. The van der Waals surface area contributed by atoms with Crippen molar-refractivity contribution in [3.8, 4) is 0 Å². The van der Waals surface area contributed by atoms with E-state index < -0.39 is 22.1 Å². The normalized spacial score (nSPS) is 23.1. The number of rotatable bonds is 5. The third-order valence-corrected chi connectivity index (χ3v) is 4.66. The molecule has 0 atom stereocenters. The predicted molar refractivity (Wildman–Crippen MR) is 66.4 cm³/mol. The Morgan fingerprint density at radius 1 is 1.53 bits per heavy atom. The molecule has 1 aromatic heterocycles. The van der Waals surface area contributed by atoms with Crippen LogP contribution in [0.25, 0.3) is 0 Å². The Balaban J connectivity index is 2.23. The van der Waals surface area contributed by atoms with Gasteiger partial charge in [-0.3, -0.25) is 0 Å². The lowest BCUT2D eigenvalue weighted by atomic mass is 9.91. The maximum Gasteiger partial charge on any atom is 0.352 e. The molecule has 19 heavy (non-hydrogen) atoms. The van der Waals surface area contributed by atoms with Gasteiger partial charge in [-0.15, -0.1) is 0 Å². The summed E-state index contributed by atoms with van der Waals surface area (Å²) in [4.78, 5) is 10.9. The Morgan fingerprint density at radius 3 is 2.58 bits per heavy atom. The van der Waals surface area contributed by atoms with Crippen molar-refractivity contribution < 1.29 is 23.4 Å². The number of sulfonamides is 1. The molecule has 1 saturated carbocycles. The van der Waals surface area contributed by atoms with Crippen LogP contribution in [-0.4, -0.2) is 41.3 Å². The first-order chi connectivity index (χ1) is 8.83. The monoisotopic (exact) mass is 288 g/mol.